The molecule has 1 fully saturated rings. The largest absolute Gasteiger partial charge is 0.495 e. The van der Waals surface area contributed by atoms with E-state index >= 15 is 0 Å². The number of methoxy groups -OCH3 is 1. The van der Waals surface area contributed by atoms with Gasteiger partial charge in [-0.25, -0.2) is 0 Å². The SMILES string of the molecule is COc1c(Cl)ccc(C)c1C1(CN)CCC1. The van der Waals surface area contributed by atoms with Crippen molar-refractivity contribution in [3.05, 3.63) is 28.3 Å². The summed E-state index contributed by atoms with van der Waals surface area (Å²) in [6.45, 7) is 2.77. The lowest BCUT2D eigenvalue weighted by Gasteiger charge is -2.43. The minimum absolute atomic E-state index is 0.0975. The summed E-state index contributed by atoms with van der Waals surface area (Å²) in [5.41, 5.74) is 8.49. The normalized spacial score (nSPS) is 18.0. The van der Waals surface area contributed by atoms with Gasteiger partial charge in [0.15, 0.2) is 0 Å². The van der Waals surface area contributed by atoms with Crippen molar-refractivity contribution < 1.29 is 4.74 Å². The monoisotopic (exact) mass is 239 g/mol. The lowest BCUT2D eigenvalue weighted by Crippen LogP contribution is -2.42. The number of halogens is 1. The molecule has 0 unspecified atom stereocenters. The Balaban J connectivity index is 2.57. The molecule has 1 aliphatic carbocycles. The topological polar surface area (TPSA) is 35.2 Å². The maximum absolute atomic E-state index is 6.18. The van der Waals surface area contributed by atoms with Gasteiger partial charge in [0.05, 0.1) is 12.1 Å². The van der Waals surface area contributed by atoms with Crippen LogP contribution >= 0.6 is 11.6 Å². The van der Waals surface area contributed by atoms with Crippen LogP contribution in [0.2, 0.25) is 5.02 Å². The van der Waals surface area contributed by atoms with Gasteiger partial charge in [0.1, 0.15) is 5.75 Å². The molecule has 0 atom stereocenters. The molecular weight excluding hydrogens is 222 g/mol. The van der Waals surface area contributed by atoms with Gasteiger partial charge < -0.3 is 10.5 Å². The molecule has 1 saturated carbocycles. The Kier molecular flexibility index (Phi) is 3.13. The molecule has 1 aliphatic rings. The Morgan fingerprint density at radius 2 is 2.12 bits per heavy atom. The zero-order valence-corrected chi connectivity index (χ0v) is 10.6. The van der Waals surface area contributed by atoms with Gasteiger partial charge in [-0.1, -0.05) is 24.1 Å². The number of hydrogen-bond donors (Lipinski definition) is 1. The molecule has 1 aromatic carbocycles. The van der Waals surface area contributed by atoms with E-state index in [0.717, 1.165) is 18.6 Å². The van der Waals surface area contributed by atoms with Gasteiger partial charge in [-0.05, 0) is 31.4 Å². The van der Waals surface area contributed by atoms with Crippen LogP contribution in [-0.2, 0) is 5.41 Å². The first kappa shape index (κ1) is 11.7. The van der Waals surface area contributed by atoms with Crippen molar-refractivity contribution in [2.24, 2.45) is 5.73 Å². The quantitative estimate of drug-likeness (QED) is 0.880. The first-order valence-corrected chi connectivity index (χ1v) is 6.06. The maximum Gasteiger partial charge on any atom is 0.141 e. The summed E-state index contributed by atoms with van der Waals surface area (Å²) in [4.78, 5) is 0. The van der Waals surface area contributed by atoms with Crippen molar-refractivity contribution in [2.75, 3.05) is 13.7 Å². The van der Waals surface area contributed by atoms with Crippen molar-refractivity contribution in [3.8, 4) is 5.75 Å². The molecule has 2 rings (SSSR count). The summed E-state index contributed by atoms with van der Waals surface area (Å²) in [7, 11) is 1.67. The molecule has 2 N–H and O–H groups in total. The number of aryl methyl sites for hydroxylation is 1. The van der Waals surface area contributed by atoms with E-state index in [9.17, 15) is 0 Å². The fourth-order valence-electron chi connectivity index (χ4n) is 2.67. The minimum atomic E-state index is 0.0975. The minimum Gasteiger partial charge on any atom is -0.495 e. The Labute approximate surface area is 102 Å². The van der Waals surface area contributed by atoms with Crippen molar-refractivity contribution in [1.29, 1.82) is 0 Å². The molecule has 0 radical (unpaired) electrons. The van der Waals surface area contributed by atoms with Crippen LogP contribution in [0.25, 0.3) is 0 Å². The van der Waals surface area contributed by atoms with Crippen LogP contribution in [0.5, 0.6) is 5.75 Å². The van der Waals surface area contributed by atoms with Crippen LogP contribution in [-0.4, -0.2) is 13.7 Å². The lowest BCUT2D eigenvalue weighted by atomic mass is 9.63. The molecule has 0 saturated heterocycles. The maximum atomic E-state index is 6.18. The van der Waals surface area contributed by atoms with Crippen LogP contribution in [0.15, 0.2) is 12.1 Å². The summed E-state index contributed by atoms with van der Waals surface area (Å²) >= 11 is 6.18. The molecule has 16 heavy (non-hydrogen) atoms. The predicted molar refractivity (Wildman–Crippen MR) is 67.3 cm³/mol. The van der Waals surface area contributed by atoms with Crippen LogP contribution in [0.1, 0.15) is 30.4 Å². The fourth-order valence-corrected chi connectivity index (χ4v) is 2.91. The van der Waals surface area contributed by atoms with Crippen LogP contribution in [0.4, 0.5) is 0 Å². The van der Waals surface area contributed by atoms with E-state index in [1.807, 2.05) is 6.07 Å². The third-order valence-electron chi connectivity index (χ3n) is 3.75. The van der Waals surface area contributed by atoms with Gasteiger partial charge in [0.2, 0.25) is 0 Å². The highest BCUT2D eigenvalue weighted by molar-refractivity contribution is 6.32. The third-order valence-corrected chi connectivity index (χ3v) is 4.05. The van der Waals surface area contributed by atoms with Gasteiger partial charge >= 0.3 is 0 Å². The van der Waals surface area contributed by atoms with Gasteiger partial charge in [0, 0.05) is 17.5 Å². The van der Waals surface area contributed by atoms with Gasteiger partial charge in [0.25, 0.3) is 0 Å². The first-order valence-electron chi connectivity index (χ1n) is 5.68. The molecular formula is C13H18ClNO. The second kappa shape index (κ2) is 4.27. The zero-order valence-electron chi connectivity index (χ0n) is 9.85. The second-order valence-corrected chi connectivity index (χ2v) is 5.02. The van der Waals surface area contributed by atoms with Crippen molar-refractivity contribution in [3.63, 3.8) is 0 Å². The Morgan fingerprint density at radius 1 is 1.44 bits per heavy atom. The van der Waals surface area contributed by atoms with E-state index in [4.69, 9.17) is 22.1 Å². The number of nitrogens with two attached hydrogens (primary N) is 1. The molecule has 2 nitrogen and oxygen atoms in total. The Morgan fingerprint density at radius 3 is 2.56 bits per heavy atom. The van der Waals surface area contributed by atoms with Crippen LogP contribution in [0.3, 0.4) is 0 Å². The van der Waals surface area contributed by atoms with E-state index in [1.165, 1.54) is 17.5 Å². The molecule has 88 valence electrons. The van der Waals surface area contributed by atoms with Crippen LogP contribution in [0, 0.1) is 6.92 Å². The molecule has 0 amide bonds. The number of ether oxygens (including phenoxy) is 1. The second-order valence-electron chi connectivity index (χ2n) is 4.61. The average Bonchev–Trinajstić information content (AvgIpc) is 2.22. The summed E-state index contributed by atoms with van der Waals surface area (Å²) < 4.78 is 5.45. The highest BCUT2D eigenvalue weighted by Crippen LogP contribution is 2.49. The van der Waals surface area contributed by atoms with Gasteiger partial charge in [-0.3, -0.25) is 0 Å². The van der Waals surface area contributed by atoms with Gasteiger partial charge in [-0.15, -0.1) is 0 Å². The van der Waals surface area contributed by atoms with Crippen LogP contribution < -0.4 is 10.5 Å². The van der Waals surface area contributed by atoms with E-state index in [2.05, 4.69) is 13.0 Å². The zero-order chi connectivity index (χ0) is 11.8. The molecule has 0 heterocycles. The van der Waals surface area contributed by atoms with E-state index in [0.29, 0.717) is 11.6 Å². The summed E-state index contributed by atoms with van der Waals surface area (Å²) in [5, 5.41) is 0.683. The first-order chi connectivity index (χ1) is 7.64. The Hall–Kier alpha value is -0.730. The molecule has 0 spiro atoms. The van der Waals surface area contributed by atoms with Crippen molar-refractivity contribution >= 4 is 11.6 Å². The van der Waals surface area contributed by atoms with Crippen molar-refractivity contribution in [2.45, 2.75) is 31.6 Å². The predicted octanol–water partition coefficient (Wildman–Crippen LogP) is 3.04. The summed E-state index contributed by atoms with van der Waals surface area (Å²) in [6, 6.07) is 3.94. The molecule has 0 aliphatic heterocycles. The molecule has 0 bridgehead atoms. The number of rotatable bonds is 3. The summed E-state index contributed by atoms with van der Waals surface area (Å²) in [6.07, 6.45) is 3.52. The lowest BCUT2D eigenvalue weighted by molar-refractivity contribution is 0.242. The number of benzene rings is 1. The van der Waals surface area contributed by atoms with E-state index in [1.54, 1.807) is 7.11 Å². The highest BCUT2D eigenvalue weighted by Gasteiger charge is 2.41. The highest BCUT2D eigenvalue weighted by atomic mass is 35.5. The van der Waals surface area contributed by atoms with Crippen molar-refractivity contribution in [1.82, 2.24) is 0 Å². The standard InChI is InChI=1S/C13H18ClNO/c1-9-4-5-10(14)12(16-2)11(9)13(8-15)6-3-7-13/h4-5H,3,6-8,15H2,1-2H3. The molecule has 0 aromatic heterocycles. The smallest absolute Gasteiger partial charge is 0.141 e. The fraction of sp³-hybridized carbons (Fsp3) is 0.538. The number of hydrogen-bond acceptors (Lipinski definition) is 2. The third kappa shape index (κ3) is 1.61. The van der Waals surface area contributed by atoms with Gasteiger partial charge in [-0.2, -0.15) is 0 Å². The summed E-state index contributed by atoms with van der Waals surface area (Å²) in [5.74, 6) is 0.812. The average molecular weight is 240 g/mol. The molecule has 3 heteroatoms. The molecule has 1 aromatic rings. The van der Waals surface area contributed by atoms with E-state index < -0.39 is 0 Å². The van der Waals surface area contributed by atoms with E-state index in [-0.39, 0.29) is 5.41 Å². The Bertz CT molecular complexity index is 394.